The number of aliphatic hydroxyl groups excluding tert-OH is 2. The molecule has 0 fully saturated rings. The Kier molecular flexibility index (Phi) is 62.2. The summed E-state index contributed by atoms with van der Waals surface area (Å²) in [5.41, 5.74) is 4.14. The number of hydrogen-bond donors (Lipinski definition) is 6. The minimum atomic E-state index is -1.75. The largest absolute Gasteiger partial charge is 3.00 e. The molecule has 6 N–H and O–H groups in total. The minimum absolute atomic E-state index is 0. The molecule has 4 heterocycles. The van der Waals surface area contributed by atoms with Crippen LogP contribution in [-0.4, -0.2) is 140 Å². The van der Waals surface area contributed by atoms with Gasteiger partial charge in [0.2, 0.25) is 0 Å². The molecular weight excluding hydrogens is 1880 g/mol. The van der Waals surface area contributed by atoms with Gasteiger partial charge in [-0.15, -0.1) is 0 Å². The molecule has 646 valence electrons. The number of carbonyl (C=O) groups is 4. The first-order valence-electron chi connectivity index (χ1n) is 34.3. The van der Waals surface area contributed by atoms with Gasteiger partial charge in [-0.05, 0) is 122 Å². The molecule has 0 spiro atoms. The molecule has 44 nitrogen and oxygen atoms in total. The number of furan rings is 4. The third-order valence-electron chi connectivity index (χ3n) is 13.7. The van der Waals surface area contributed by atoms with Crippen LogP contribution < -0.4 is 40.2 Å². The van der Waals surface area contributed by atoms with Gasteiger partial charge in [0.05, 0.1) is 104 Å². The number of rotatable bonds is 32. The Morgan fingerprint density at radius 2 is 0.483 bits per heavy atom. The molecule has 0 aliphatic rings. The van der Waals surface area contributed by atoms with Gasteiger partial charge in [0, 0.05) is 52.5 Å². The summed E-state index contributed by atoms with van der Waals surface area (Å²) in [5, 5.41) is 115. The molecule has 0 unspecified atom stereocenters. The van der Waals surface area contributed by atoms with Crippen molar-refractivity contribution in [3.63, 3.8) is 0 Å². The number of hydrogen-bond acceptors (Lipinski definition) is 34. The molecule has 0 saturated heterocycles. The first kappa shape index (κ1) is 109. The van der Waals surface area contributed by atoms with Crippen molar-refractivity contribution in [2.24, 2.45) is 0 Å². The number of ether oxygens (including phenoxy) is 4. The van der Waals surface area contributed by atoms with Crippen molar-refractivity contribution in [3.8, 4) is 23.0 Å². The van der Waals surface area contributed by atoms with E-state index in [-0.39, 0.29) is 117 Å². The van der Waals surface area contributed by atoms with Crippen LogP contribution in [0.25, 0.3) is 0 Å². The fourth-order valence-electron chi connectivity index (χ4n) is 9.19. The summed E-state index contributed by atoms with van der Waals surface area (Å²) in [4.78, 5) is 105. The second kappa shape index (κ2) is 68.3. The van der Waals surface area contributed by atoms with Gasteiger partial charge in [0.25, 0.3) is 23.6 Å². The van der Waals surface area contributed by atoms with Crippen LogP contribution in [0, 0.1) is 172 Å². The van der Waals surface area contributed by atoms with Gasteiger partial charge in [-0.25, -0.2) is 0 Å². The van der Waals surface area contributed by atoms with Crippen LogP contribution in [-0.2, 0) is 39.3 Å². The standard InChI is InChI=1S/2C35H35N3O6.2C2H6O.2Gd.6NO3/c2*39-34(36-24-28-12-8-20-41-28)30-14-4-6-16-32(30)43-22-18-38(26-27-10-2-1-3-11-27)19-23-44-33-17-7-5-15-31(33)35(40)37-25-29-13-9-21-42-29;2*1-2-3;;;6*2-1(3)4/h2*1-17,20-21H,18-19,22-26H2,(H,36,39)(H,37,40);2*3H,2H2,1H3;;;;;;;;/q;;;;2*+3;6*-1. The first-order chi connectivity index (χ1) is 56.5. The van der Waals surface area contributed by atoms with E-state index in [9.17, 15) is 19.2 Å². The zero-order valence-corrected chi connectivity index (χ0v) is 68.2. The number of nitrogens with zero attached hydrogens (tertiary/aromatic N) is 8. The molecule has 0 saturated carbocycles. The molecule has 10 rings (SSSR count). The van der Waals surface area contributed by atoms with Crippen molar-refractivity contribution in [1.29, 1.82) is 0 Å². The minimum Gasteiger partial charge on any atom is -0.491 e. The Bertz CT molecular complexity index is 3870. The molecule has 2 radical (unpaired) electrons. The molecule has 6 aromatic carbocycles. The SMILES string of the molecule is CCO.CCO.O=C(NCc1ccco1)c1ccccc1OCCN(CCOc1ccccc1C(=O)NCc1ccco1)Cc1ccccc1.O=C(NCc1ccco1)c1ccccc1OCCN(CCOc1ccccc1C(=O)NCc1ccco1)Cc1ccccc1.O=[N+]([O-])[O-].O=[N+]([O-])[O-].O=[N+]([O-])[O-].O=[N+]([O-])[O-].O=[N+]([O-])[O-].O=[N+]([O-])[O-].[Gd+3].[Gd+3]. The van der Waals surface area contributed by atoms with Gasteiger partial charge in [0.15, 0.2) is 0 Å². The van der Waals surface area contributed by atoms with E-state index in [4.69, 9.17) is 139 Å². The Labute approximate surface area is 746 Å². The van der Waals surface area contributed by atoms with Gasteiger partial charge in [0.1, 0.15) is 72.5 Å². The van der Waals surface area contributed by atoms with E-state index in [1.165, 1.54) is 0 Å². The number of aliphatic hydroxyl groups is 2. The molecule has 4 amide bonds. The second-order valence-electron chi connectivity index (χ2n) is 21.9. The summed E-state index contributed by atoms with van der Waals surface area (Å²) < 4.78 is 45.7. The van der Waals surface area contributed by atoms with Crippen molar-refractivity contribution in [2.45, 2.75) is 53.1 Å². The van der Waals surface area contributed by atoms with E-state index in [0.717, 1.165) is 11.1 Å². The van der Waals surface area contributed by atoms with Gasteiger partial charge < -0.3 is 160 Å². The molecule has 0 atom stereocenters. The molecule has 0 aliphatic heterocycles. The number of para-hydroxylation sites is 4. The summed E-state index contributed by atoms with van der Waals surface area (Å²) >= 11 is 0. The monoisotopic (exact) mass is 1970 g/mol. The summed E-state index contributed by atoms with van der Waals surface area (Å²) in [6, 6.07) is 63.4. The molecule has 4 aromatic heterocycles. The van der Waals surface area contributed by atoms with Gasteiger partial charge in [-0.3, -0.25) is 29.0 Å². The fourth-order valence-corrected chi connectivity index (χ4v) is 9.19. The Hall–Kier alpha value is -12.8. The van der Waals surface area contributed by atoms with Crippen LogP contribution in [0.5, 0.6) is 23.0 Å². The van der Waals surface area contributed by atoms with E-state index in [0.29, 0.717) is 160 Å². The second-order valence-corrected chi connectivity index (χ2v) is 21.9. The molecule has 10 aromatic rings. The maximum atomic E-state index is 12.9. The van der Waals surface area contributed by atoms with Gasteiger partial charge in [-0.1, -0.05) is 109 Å². The molecule has 0 bridgehead atoms. The van der Waals surface area contributed by atoms with Gasteiger partial charge >= 0.3 is 79.9 Å². The van der Waals surface area contributed by atoms with Crippen molar-refractivity contribution in [3.05, 3.63) is 380 Å². The van der Waals surface area contributed by atoms with Crippen LogP contribution >= 0.6 is 0 Å². The summed E-state index contributed by atoms with van der Waals surface area (Å²) in [5.74, 6) is 3.78. The summed E-state index contributed by atoms with van der Waals surface area (Å²) in [6.07, 6.45) is 6.30. The third-order valence-corrected chi connectivity index (χ3v) is 13.7. The van der Waals surface area contributed by atoms with Crippen molar-refractivity contribution in [1.82, 2.24) is 31.1 Å². The first-order valence-corrected chi connectivity index (χ1v) is 34.3. The smallest absolute Gasteiger partial charge is 0.491 e. The summed E-state index contributed by atoms with van der Waals surface area (Å²) in [7, 11) is 0. The van der Waals surface area contributed by atoms with E-state index in [1.807, 2.05) is 109 Å². The normalized spacial score (nSPS) is 9.45. The van der Waals surface area contributed by atoms with Crippen LogP contribution in [0.2, 0.25) is 0 Å². The maximum Gasteiger partial charge on any atom is 3.00 e. The average Bonchev–Trinajstić information content (AvgIpc) is 1.30. The van der Waals surface area contributed by atoms with Crippen molar-refractivity contribution in [2.75, 3.05) is 65.8 Å². The van der Waals surface area contributed by atoms with Crippen LogP contribution in [0.1, 0.15) is 89.4 Å². The number of benzene rings is 6. The quantitative estimate of drug-likeness (QED) is 0.0169. The van der Waals surface area contributed by atoms with Crippen molar-refractivity contribution < 1.29 is 176 Å². The Morgan fingerprint density at radius 3 is 0.658 bits per heavy atom. The molecule has 46 heteroatoms. The molecule has 0 aliphatic carbocycles. The fraction of sp³-hybridized carbons (Fsp3) is 0.243. The van der Waals surface area contributed by atoms with E-state index >= 15 is 0 Å². The van der Waals surface area contributed by atoms with Crippen LogP contribution in [0.15, 0.2) is 249 Å². The van der Waals surface area contributed by atoms with Crippen LogP contribution in [0.4, 0.5) is 0 Å². The number of amides is 4. The number of carbonyl (C=O) groups excluding carboxylic acids is 4. The topological polar surface area (TPSA) is 650 Å². The van der Waals surface area contributed by atoms with Crippen LogP contribution in [0.3, 0.4) is 0 Å². The molecular formula is C74H82Gd2N12O32. The van der Waals surface area contributed by atoms with Gasteiger partial charge in [-0.2, -0.15) is 0 Å². The Morgan fingerprint density at radius 1 is 0.308 bits per heavy atom. The van der Waals surface area contributed by atoms with E-state index in [2.05, 4.69) is 55.3 Å². The van der Waals surface area contributed by atoms with E-state index in [1.54, 1.807) is 112 Å². The predicted molar refractivity (Wildman–Crippen MR) is 418 cm³/mol. The van der Waals surface area contributed by atoms with Crippen molar-refractivity contribution >= 4 is 23.6 Å². The predicted octanol–water partition coefficient (Wildman–Crippen LogP) is 9.95. The zero-order chi connectivity index (χ0) is 87.7. The molecule has 120 heavy (non-hydrogen) atoms. The summed E-state index contributed by atoms with van der Waals surface area (Å²) in [6.45, 7) is 10.2. The zero-order valence-electron chi connectivity index (χ0n) is 63.7. The number of nitrogens with one attached hydrogen (secondary N) is 4. The van der Waals surface area contributed by atoms with E-state index < -0.39 is 30.5 Å². The third kappa shape index (κ3) is 55.7. The maximum absolute atomic E-state index is 12.9. The average molecular weight is 1970 g/mol. The Balaban J connectivity index is 0.